The van der Waals surface area contributed by atoms with Crippen molar-refractivity contribution in [1.82, 2.24) is 5.32 Å². The van der Waals surface area contributed by atoms with Crippen molar-refractivity contribution in [2.45, 2.75) is 38.7 Å². The maximum Gasteiger partial charge on any atom is 0.253 e. The molecule has 0 radical (unpaired) electrons. The van der Waals surface area contributed by atoms with Gasteiger partial charge in [0.1, 0.15) is 5.75 Å². The maximum atomic E-state index is 12.0. The largest absolute Gasteiger partial charge is 0.497 e. The number of carbonyl (C=O) groups is 1. The Kier molecular flexibility index (Phi) is 4.65. The lowest BCUT2D eigenvalue weighted by atomic mass is 10.0. The number of carbonyl (C=O) groups excluding carboxylic acids is 1. The summed E-state index contributed by atoms with van der Waals surface area (Å²) >= 11 is 0. The van der Waals surface area contributed by atoms with Gasteiger partial charge in [0.05, 0.1) is 7.11 Å². The molecule has 0 spiro atoms. The Morgan fingerprint density at radius 2 is 2.25 bits per heavy atom. The highest BCUT2D eigenvalue weighted by Gasteiger charge is 2.41. The van der Waals surface area contributed by atoms with E-state index in [1.165, 1.54) is 12.8 Å². The third-order valence-corrected chi connectivity index (χ3v) is 4.03. The first-order chi connectivity index (χ1) is 9.60. The number of nitrogens with one attached hydrogen (secondary N) is 1. The highest BCUT2D eigenvalue weighted by Crippen LogP contribution is 2.48. The minimum Gasteiger partial charge on any atom is -0.497 e. The molecule has 1 unspecified atom stereocenters. The Balaban J connectivity index is 1.91. The summed E-state index contributed by atoms with van der Waals surface area (Å²) in [6.45, 7) is 2.83. The van der Waals surface area contributed by atoms with Crippen molar-refractivity contribution in [2.24, 2.45) is 5.41 Å². The van der Waals surface area contributed by atoms with Crippen LogP contribution in [0.2, 0.25) is 0 Å². The van der Waals surface area contributed by atoms with E-state index in [0.717, 1.165) is 12.8 Å². The van der Waals surface area contributed by atoms with Gasteiger partial charge in [0.2, 0.25) is 0 Å². The molecule has 1 aliphatic rings. The Labute approximate surface area is 120 Å². The fraction of sp³-hybridized carbons (Fsp3) is 0.562. The molecular formula is C16H23NO3. The lowest BCUT2D eigenvalue weighted by Gasteiger charge is -2.17. The van der Waals surface area contributed by atoms with Crippen molar-refractivity contribution < 1.29 is 14.6 Å². The van der Waals surface area contributed by atoms with E-state index in [1.807, 2.05) is 0 Å². The van der Waals surface area contributed by atoms with E-state index in [9.17, 15) is 9.90 Å². The van der Waals surface area contributed by atoms with Gasteiger partial charge in [0.25, 0.3) is 5.91 Å². The van der Waals surface area contributed by atoms with E-state index in [0.29, 0.717) is 23.3 Å². The van der Waals surface area contributed by atoms with Gasteiger partial charge in [-0.15, -0.1) is 0 Å². The second-order valence-corrected chi connectivity index (χ2v) is 5.65. The van der Waals surface area contributed by atoms with Crippen molar-refractivity contribution in [3.05, 3.63) is 29.8 Å². The lowest BCUT2D eigenvalue weighted by molar-refractivity contribution is -0.129. The molecule has 0 saturated heterocycles. The SMILES string of the molecule is CCCC1(CNC(=O)C(O)c2cccc(OC)c2)CC1. The Hall–Kier alpha value is -1.55. The van der Waals surface area contributed by atoms with Gasteiger partial charge in [-0.1, -0.05) is 25.5 Å². The molecule has 1 aromatic carbocycles. The molecule has 1 aromatic rings. The average molecular weight is 277 g/mol. The molecule has 1 amide bonds. The maximum absolute atomic E-state index is 12.0. The summed E-state index contributed by atoms with van der Waals surface area (Å²) < 4.78 is 5.10. The van der Waals surface area contributed by atoms with Gasteiger partial charge in [-0.2, -0.15) is 0 Å². The first-order valence-electron chi connectivity index (χ1n) is 7.20. The van der Waals surface area contributed by atoms with Crippen molar-refractivity contribution in [2.75, 3.05) is 13.7 Å². The van der Waals surface area contributed by atoms with E-state index >= 15 is 0 Å². The topological polar surface area (TPSA) is 58.6 Å². The summed E-state index contributed by atoms with van der Waals surface area (Å²) in [6.07, 6.45) is 3.49. The number of benzene rings is 1. The van der Waals surface area contributed by atoms with E-state index in [1.54, 1.807) is 31.4 Å². The molecule has 1 atom stereocenters. The number of rotatable bonds is 7. The van der Waals surface area contributed by atoms with Crippen molar-refractivity contribution >= 4 is 5.91 Å². The number of hydrogen-bond acceptors (Lipinski definition) is 3. The average Bonchev–Trinajstić information content (AvgIpc) is 3.24. The molecule has 1 saturated carbocycles. The minimum absolute atomic E-state index is 0.290. The van der Waals surface area contributed by atoms with Gasteiger partial charge in [-0.3, -0.25) is 4.79 Å². The second kappa shape index (κ2) is 6.27. The molecule has 0 heterocycles. The van der Waals surface area contributed by atoms with Crippen molar-refractivity contribution in [3.8, 4) is 5.75 Å². The zero-order valence-corrected chi connectivity index (χ0v) is 12.2. The van der Waals surface area contributed by atoms with Crippen LogP contribution in [0.3, 0.4) is 0 Å². The molecule has 2 N–H and O–H groups in total. The normalized spacial score (nSPS) is 17.4. The smallest absolute Gasteiger partial charge is 0.253 e. The van der Waals surface area contributed by atoms with Crippen molar-refractivity contribution in [3.63, 3.8) is 0 Å². The molecule has 4 heteroatoms. The number of methoxy groups -OCH3 is 1. The van der Waals surface area contributed by atoms with Crippen molar-refractivity contribution in [1.29, 1.82) is 0 Å². The van der Waals surface area contributed by atoms with Gasteiger partial charge in [0, 0.05) is 6.54 Å². The van der Waals surface area contributed by atoms with E-state index in [4.69, 9.17) is 4.74 Å². The number of amides is 1. The molecule has 0 aromatic heterocycles. The van der Waals surface area contributed by atoms with Crippen LogP contribution in [0.25, 0.3) is 0 Å². The first-order valence-corrected chi connectivity index (χ1v) is 7.20. The molecular weight excluding hydrogens is 254 g/mol. The zero-order chi connectivity index (χ0) is 14.6. The van der Waals surface area contributed by atoms with Crippen LogP contribution in [-0.4, -0.2) is 24.7 Å². The van der Waals surface area contributed by atoms with Crippen LogP contribution in [0.15, 0.2) is 24.3 Å². The fourth-order valence-electron chi connectivity index (χ4n) is 2.56. The minimum atomic E-state index is -1.14. The van der Waals surface area contributed by atoms with Crippen LogP contribution in [0, 0.1) is 5.41 Å². The molecule has 1 fully saturated rings. The third kappa shape index (κ3) is 3.51. The van der Waals surface area contributed by atoms with Gasteiger partial charge in [0.15, 0.2) is 6.10 Å². The third-order valence-electron chi connectivity index (χ3n) is 4.03. The highest BCUT2D eigenvalue weighted by molar-refractivity contribution is 5.82. The quantitative estimate of drug-likeness (QED) is 0.804. The summed E-state index contributed by atoms with van der Waals surface area (Å²) in [5.74, 6) is 0.305. The monoisotopic (exact) mass is 277 g/mol. The summed E-state index contributed by atoms with van der Waals surface area (Å²) in [6, 6.07) is 6.97. The van der Waals surface area contributed by atoms with E-state index in [2.05, 4.69) is 12.2 Å². The molecule has 2 rings (SSSR count). The molecule has 4 nitrogen and oxygen atoms in total. The van der Waals surface area contributed by atoms with Gasteiger partial charge in [-0.05, 0) is 42.4 Å². The van der Waals surface area contributed by atoms with Crippen LogP contribution in [0.1, 0.15) is 44.3 Å². The van der Waals surface area contributed by atoms with Crippen LogP contribution in [0.5, 0.6) is 5.75 Å². The zero-order valence-electron chi connectivity index (χ0n) is 12.2. The predicted molar refractivity (Wildman–Crippen MR) is 77.5 cm³/mol. The first kappa shape index (κ1) is 14.9. The second-order valence-electron chi connectivity index (χ2n) is 5.65. The van der Waals surface area contributed by atoms with Crippen LogP contribution >= 0.6 is 0 Å². The van der Waals surface area contributed by atoms with E-state index in [-0.39, 0.29) is 5.91 Å². The highest BCUT2D eigenvalue weighted by atomic mass is 16.5. The number of aliphatic hydroxyl groups is 1. The Morgan fingerprint density at radius 1 is 1.50 bits per heavy atom. The number of ether oxygens (including phenoxy) is 1. The summed E-state index contributed by atoms with van der Waals surface area (Å²) in [5, 5.41) is 13.0. The van der Waals surface area contributed by atoms with E-state index < -0.39 is 6.10 Å². The molecule has 1 aliphatic carbocycles. The Bertz CT molecular complexity index is 469. The molecule has 0 bridgehead atoms. The molecule has 110 valence electrons. The fourth-order valence-corrected chi connectivity index (χ4v) is 2.56. The van der Waals surface area contributed by atoms with Gasteiger partial charge >= 0.3 is 0 Å². The van der Waals surface area contributed by atoms with Gasteiger partial charge in [-0.25, -0.2) is 0 Å². The standard InChI is InChI=1S/C16H23NO3/c1-3-7-16(8-9-16)11-17-15(19)14(18)12-5-4-6-13(10-12)20-2/h4-6,10,14,18H,3,7-9,11H2,1-2H3,(H,17,19). The summed E-state index contributed by atoms with van der Waals surface area (Å²) in [7, 11) is 1.56. The van der Waals surface area contributed by atoms with Crippen LogP contribution < -0.4 is 10.1 Å². The number of aliphatic hydroxyl groups excluding tert-OH is 1. The molecule has 0 aliphatic heterocycles. The summed E-state index contributed by atoms with van der Waals surface area (Å²) in [5.41, 5.74) is 0.848. The predicted octanol–water partition coefficient (Wildman–Crippen LogP) is 2.43. The Morgan fingerprint density at radius 3 is 2.85 bits per heavy atom. The van der Waals surface area contributed by atoms with Crippen LogP contribution in [0.4, 0.5) is 0 Å². The van der Waals surface area contributed by atoms with Crippen LogP contribution in [-0.2, 0) is 4.79 Å². The van der Waals surface area contributed by atoms with Gasteiger partial charge < -0.3 is 15.2 Å². The lowest BCUT2D eigenvalue weighted by Crippen LogP contribution is -2.34. The summed E-state index contributed by atoms with van der Waals surface area (Å²) in [4.78, 5) is 12.0. The molecule has 20 heavy (non-hydrogen) atoms. The number of hydrogen-bond donors (Lipinski definition) is 2.